The third-order valence-electron chi connectivity index (χ3n) is 5.18. The molecule has 2 heterocycles. The molecular formula is C26H29F2N5O3. The molecule has 0 atom stereocenters. The van der Waals surface area contributed by atoms with Crippen molar-refractivity contribution in [2.75, 3.05) is 12.3 Å². The molecule has 3 N–H and O–H groups in total. The number of benzene rings is 1. The Morgan fingerprint density at radius 2 is 1.86 bits per heavy atom. The Morgan fingerprint density at radius 3 is 2.44 bits per heavy atom. The summed E-state index contributed by atoms with van der Waals surface area (Å²) in [4.78, 5) is 21.1. The molecular weight excluding hydrogens is 468 g/mol. The lowest BCUT2D eigenvalue weighted by atomic mass is 9.93. The van der Waals surface area contributed by atoms with E-state index in [1.807, 2.05) is 6.07 Å². The lowest BCUT2D eigenvalue weighted by Gasteiger charge is -2.20. The van der Waals surface area contributed by atoms with Crippen molar-refractivity contribution in [2.24, 2.45) is 5.41 Å². The molecule has 8 nitrogen and oxygen atoms in total. The predicted molar refractivity (Wildman–Crippen MR) is 133 cm³/mol. The number of nitrogen functional groups attached to an aromatic ring is 1. The molecule has 0 unspecified atom stereocenters. The molecule has 2 aromatic heterocycles. The molecule has 3 aromatic rings. The van der Waals surface area contributed by atoms with Gasteiger partial charge in [-0.15, -0.1) is 0 Å². The second kappa shape index (κ2) is 12.0. The van der Waals surface area contributed by atoms with E-state index in [9.17, 15) is 14.0 Å². The number of aromatic nitrogens is 3. The first-order chi connectivity index (χ1) is 16.9. The quantitative estimate of drug-likeness (QED) is 0.412. The van der Waals surface area contributed by atoms with Gasteiger partial charge in [0.05, 0.1) is 29.5 Å². The fourth-order valence-electron chi connectivity index (χ4n) is 3.43. The van der Waals surface area contributed by atoms with Crippen LogP contribution in [0.1, 0.15) is 56.1 Å². The van der Waals surface area contributed by atoms with E-state index in [2.05, 4.69) is 41.8 Å². The van der Waals surface area contributed by atoms with Crippen molar-refractivity contribution in [1.82, 2.24) is 15.0 Å². The summed E-state index contributed by atoms with van der Waals surface area (Å²) < 4.78 is 33.1. The highest BCUT2D eigenvalue weighted by molar-refractivity contribution is 5.86. The van der Waals surface area contributed by atoms with Crippen LogP contribution in [0, 0.1) is 30.6 Å². The van der Waals surface area contributed by atoms with Gasteiger partial charge in [-0.25, -0.2) is 13.8 Å². The van der Waals surface area contributed by atoms with Gasteiger partial charge in [0, 0.05) is 11.3 Å². The van der Waals surface area contributed by atoms with Gasteiger partial charge in [-0.3, -0.25) is 9.78 Å². The second-order valence-corrected chi connectivity index (χ2v) is 9.19. The first-order valence-corrected chi connectivity index (χ1v) is 11.1. The molecule has 0 saturated heterocycles. The molecule has 3 rings (SSSR count). The van der Waals surface area contributed by atoms with Gasteiger partial charge >= 0.3 is 0 Å². The molecule has 36 heavy (non-hydrogen) atoms. The third kappa shape index (κ3) is 7.18. The molecule has 0 aliphatic heterocycles. The summed E-state index contributed by atoms with van der Waals surface area (Å²) in [5.74, 6) is 0.190. The Morgan fingerprint density at radius 1 is 1.19 bits per heavy atom. The number of carbonyl (C=O) groups is 1. The fourth-order valence-corrected chi connectivity index (χ4v) is 3.43. The van der Waals surface area contributed by atoms with Crippen molar-refractivity contribution in [3.63, 3.8) is 0 Å². The van der Waals surface area contributed by atoms with Gasteiger partial charge in [0.25, 0.3) is 12.9 Å². The number of hydrogen-bond acceptors (Lipinski definition) is 7. The van der Waals surface area contributed by atoms with Crippen LogP contribution in [-0.2, 0) is 4.79 Å². The second-order valence-electron chi connectivity index (χ2n) is 9.19. The SMILES string of the molecule is Cc1cc(-c2c(OCCC(C)(C)C)nc(N)nc2-c2cccc(C#N)c2C)cc(C(F)F)n1.O=CO. The van der Waals surface area contributed by atoms with Gasteiger partial charge in [0.2, 0.25) is 11.8 Å². The van der Waals surface area contributed by atoms with Crippen molar-refractivity contribution >= 4 is 12.4 Å². The van der Waals surface area contributed by atoms with E-state index in [-0.39, 0.29) is 29.4 Å². The number of carboxylic acid groups (broad SMARTS) is 1. The molecule has 0 bridgehead atoms. The van der Waals surface area contributed by atoms with Crippen LogP contribution in [-0.4, -0.2) is 33.1 Å². The van der Waals surface area contributed by atoms with Crippen LogP contribution in [0.2, 0.25) is 0 Å². The molecule has 0 fully saturated rings. The molecule has 0 aliphatic rings. The number of pyridine rings is 1. The van der Waals surface area contributed by atoms with E-state index >= 15 is 0 Å². The highest BCUT2D eigenvalue weighted by atomic mass is 19.3. The summed E-state index contributed by atoms with van der Waals surface area (Å²) in [5.41, 5.74) is 9.23. The molecule has 0 radical (unpaired) electrons. The van der Waals surface area contributed by atoms with Crippen molar-refractivity contribution in [1.29, 1.82) is 5.26 Å². The summed E-state index contributed by atoms with van der Waals surface area (Å²) in [6, 6.07) is 10.4. The van der Waals surface area contributed by atoms with E-state index < -0.39 is 6.43 Å². The largest absolute Gasteiger partial charge is 0.483 e. The summed E-state index contributed by atoms with van der Waals surface area (Å²) in [6.07, 6.45) is -2.00. The number of alkyl halides is 2. The van der Waals surface area contributed by atoms with Gasteiger partial charge in [0.15, 0.2) is 0 Å². The maximum absolute atomic E-state index is 13.5. The highest BCUT2D eigenvalue weighted by Crippen LogP contribution is 2.40. The lowest BCUT2D eigenvalue weighted by molar-refractivity contribution is -0.122. The Labute approximate surface area is 208 Å². The minimum Gasteiger partial charge on any atom is -0.483 e. The summed E-state index contributed by atoms with van der Waals surface area (Å²) >= 11 is 0. The van der Waals surface area contributed by atoms with Crippen LogP contribution in [0.4, 0.5) is 14.7 Å². The monoisotopic (exact) mass is 497 g/mol. The molecule has 0 aliphatic carbocycles. The first kappa shape index (κ1) is 28.1. The van der Waals surface area contributed by atoms with Crippen molar-refractivity contribution < 1.29 is 23.4 Å². The zero-order valence-electron chi connectivity index (χ0n) is 20.8. The van der Waals surface area contributed by atoms with E-state index in [0.717, 1.165) is 6.42 Å². The summed E-state index contributed by atoms with van der Waals surface area (Å²) in [6.45, 7) is 9.83. The van der Waals surface area contributed by atoms with Crippen molar-refractivity contribution in [3.8, 4) is 34.3 Å². The Bertz CT molecular complexity index is 1270. The number of nitrogens with two attached hydrogens (primary N) is 1. The van der Waals surface area contributed by atoms with E-state index in [4.69, 9.17) is 20.4 Å². The zero-order valence-corrected chi connectivity index (χ0v) is 20.8. The van der Waals surface area contributed by atoms with Crippen LogP contribution in [0.15, 0.2) is 30.3 Å². The number of nitriles is 1. The Kier molecular flexibility index (Phi) is 9.38. The lowest BCUT2D eigenvalue weighted by Crippen LogP contribution is -2.13. The third-order valence-corrected chi connectivity index (χ3v) is 5.18. The minimum atomic E-state index is -2.74. The van der Waals surface area contributed by atoms with E-state index in [1.54, 1.807) is 32.0 Å². The minimum absolute atomic E-state index is 0.0128. The number of halogens is 2. The standard InChI is InChI=1S/C25H27F2N5O.CH2O2/c1-14-11-17(12-19(30-14)22(26)27)20-21(18-8-6-7-16(13-28)15(18)2)31-24(29)32-23(20)33-10-9-25(3,4)5;2-1-3/h6-8,11-12,22H,9-10H2,1-5H3,(H2,29,31,32);1H,(H,2,3). The van der Waals surface area contributed by atoms with Gasteiger partial charge in [0.1, 0.15) is 5.69 Å². The average Bonchev–Trinajstić information content (AvgIpc) is 2.78. The maximum atomic E-state index is 13.5. The topological polar surface area (TPSA) is 135 Å². The number of anilines is 1. The molecule has 0 spiro atoms. The molecule has 1 aromatic carbocycles. The predicted octanol–water partition coefficient (Wildman–Crippen LogP) is 5.73. The number of hydrogen-bond donors (Lipinski definition) is 2. The van der Waals surface area contributed by atoms with Crippen LogP contribution in [0.25, 0.3) is 22.4 Å². The normalized spacial score (nSPS) is 10.9. The summed E-state index contributed by atoms with van der Waals surface area (Å²) in [5, 5.41) is 16.4. The number of aryl methyl sites for hydroxylation is 1. The Balaban J connectivity index is 0.00000145. The molecule has 0 saturated carbocycles. The van der Waals surface area contributed by atoms with Gasteiger partial charge in [-0.2, -0.15) is 10.2 Å². The Hall–Kier alpha value is -4.13. The van der Waals surface area contributed by atoms with Gasteiger partial charge < -0.3 is 15.6 Å². The van der Waals surface area contributed by atoms with Crippen LogP contribution >= 0.6 is 0 Å². The molecule has 0 amide bonds. The number of rotatable bonds is 6. The van der Waals surface area contributed by atoms with Crippen molar-refractivity contribution in [3.05, 3.63) is 52.8 Å². The smallest absolute Gasteiger partial charge is 0.290 e. The zero-order chi connectivity index (χ0) is 27.0. The molecule has 10 heteroatoms. The van der Waals surface area contributed by atoms with Crippen molar-refractivity contribution in [2.45, 2.75) is 47.5 Å². The fraction of sp³-hybridized carbons (Fsp3) is 0.346. The highest BCUT2D eigenvalue weighted by Gasteiger charge is 2.23. The van der Waals surface area contributed by atoms with Gasteiger partial charge in [-0.1, -0.05) is 32.9 Å². The first-order valence-electron chi connectivity index (χ1n) is 11.1. The number of ether oxygens (including phenoxy) is 1. The van der Waals surface area contributed by atoms with Crippen LogP contribution in [0.3, 0.4) is 0 Å². The van der Waals surface area contributed by atoms with E-state index in [1.165, 1.54) is 6.07 Å². The average molecular weight is 498 g/mol. The summed E-state index contributed by atoms with van der Waals surface area (Å²) in [7, 11) is 0. The van der Waals surface area contributed by atoms with E-state index in [0.29, 0.717) is 45.8 Å². The van der Waals surface area contributed by atoms with Gasteiger partial charge in [-0.05, 0) is 55.0 Å². The van der Waals surface area contributed by atoms with Crippen LogP contribution < -0.4 is 10.5 Å². The van der Waals surface area contributed by atoms with Crippen LogP contribution in [0.5, 0.6) is 5.88 Å². The molecule has 190 valence electrons. The number of nitrogens with zero attached hydrogens (tertiary/aromatic N) is 4. The maximum Gasteiger partial charge on any atom is 0.290 e.